The maximum Gasteiger partial charge on any atom is 0.0978 e. The van der Waals surface area contributed by atoms with Gasteiger partial charge in [-0.25, -0.2) is 0 Å². The van der Waals surface area contributed by atoms with Crippen molar-refractivity contribution in [1.82, 2.24) is 0 Å². The molecule has 2 rings (SSSR count). The molecule has 1 unspecified atom stereocenters. The summed E-state index contributed by atoms with van der Waals surface area (Å²) in [4.78, 5) is 0. The minimum Gasteiger partial charge on any atom is -0.387 e. The Morgan fingerprint density at radius 3 is 2.35 bits per heavy atom. The number of hydrogen-bond donors (Lipinski definition) is 1. The van der Waals surface area contributed by atoms with E-state index in [1.54, 1.807) is 0 Å². The summed E-state index contributed by atoms with van der Waals surface area (Å²) >= 11 is 0. The molecule has 0 radical (unpaired) electrons. The quantitative estimate of drug-likeness (QED) is 0.886. The lowest BCUT2D eigenvalue weighted by Crippen LogP contribution is -2.34. The summed E-state index contributed by atoms with van der Waals surface area (Å²) in [6.07, 6.45) is 3.05. The van der Waals surface area contributed by atoms with E-state index in [1.807, 2.05) is 31.2 Å². The van der Waals surface area contributed by atoms with Gasteiger partial charge < -0.3 is 5.11 Å². The number of nitrogens with zero attached hydrogens (tertiary/aromatic N) is 1. The normalized spacial score (nSPS) is 28.1. The van der Waals surface area contributed by atoms with E-state index in [4.69, 9.17) is 0 Å². The highest BCUT2D eigenvalue weighted by atomic mass is 16.3. The highest BCUT2D eigenvalue weighted by Crippen LogP contribution is 2.48. The van der Waals surface area contributed by atoms with Gasteiger partial charge in [-0.05, 0) is 55.6 Å². The Balaban J connectivity index is 2.21. The summed E-state index contributed by atoms with van der Waals surface area (Å²) in [7, 11) is 0. The van der Waals surface area contributed by atoms with E-state index < -0.39 is 11.5 Å². The Labute approximate surface area is 122 Å². The zero-order valence-corrected chi connectivity index (χ0v) is 12.8. The molecule has 1 N–H and O–H groups in total. The summed E-state index contributed by atoms with van der Waals surface area (Å²) in [5.74, 6) is 1.36. The predicted molar refractivity (Wildman–Crippen MR) is 81.0 cm³/mol. The summed E-state index contributed by atoms with van der Waals surface area (Å²) in [5, 5.41) is 20.5. The van der Waals surface area contributed by atoms with Crippen LogP contribution in [0.25, 0.3) is 0 Å². The topological polar surface area (TPSA) is 44.0 Å². The van der Waals surface area contributed by atoms with Crippen LogP contribution in [0.15, 0.2) is 24.3 Å². The van der Waals surface area contributed by atoms with Gasteiger partial charge in [0.15, 0.2) is 0 Å². The predicted octanol–water partition coefficient (Wildman–Crippen LogP) is 4.38. The van der Waals surface area contributed by atoms with Crippen molar-refractivity contribution in [3.05, 3.63) is 35.4 Å². The number of benzene rings is 1. The van der Waals surface area contributed by atoms with Crippen molar-refractivity contribution in [2.24, 2.45) is 17.3 Å². The van der Waals surface area contributed by atoms with Crippen LogP contribution in [0.5, 0.6) is 0 Å². The molecular formula is C18H25NO. The Morgan fingerprint density at radius 1 is 1.25 bits per heavy atom. The highest BCUT2D eigenvalue weighted by Gasteiger charge is 2.43. The Morgan fingerprint density at radius 2 is 1.85 bits per heavy atom. The van der Waals surface area contributed by atoms with Crippen LogP contribution in [0.4, 0.5) is 0 Å². The third kappa shape index (κ3) is 2.74. The van der Waals surface area contributed by atoms with Crippen LogP contribution in [-0.2, 0) is 0 Å². The van der Waals surface area contributed by atoms with Gasteiger partial charge in [-0.1, -0.05) is 38.1 Å². The standard InChI is InChI=1S/C18H25NO/c1-13(2)15-8-10-18(12-19,11-9-15)17(20)16-7-5-4-6-14(16)3/h4-7,13,15,17,20H,8-11H2,1-3H3. The van der Waals surface area contributed by atoms with Gasteiger partial charge >= 0.3 is 0 Å². The van der Waals surface area contributed by atoms with E-state index >= 15 is 0 Å². The average molecular weight is 271 g/mol. The fourth-order valence-corrected chi connectivity index (χ4v) is 3.46. The van der Waals surface area contributed by atoms with Crippen molar-refractivity contribution in [2.75, 3.05) is 0 Å². The lowest BCUT2D eigenvalue weighted by Gasteiger charge is -2.40. The van der Waals surface area contributed by atoms with Crippen molar-refractivity contribution >= 4 is 0 Å². The molecule has 0 saturated heterocycles. The van der Waals surface area contributed by atoms with Crippen LogP contribution in [0.1, 0.15) is 56.8 Å². The zero-order chi connectivity index (χ0) is 14.8. The van der Waals surface area contributed by atoms with Crippen LogP contribution >= 0.6 is 0 Å². The van der Waals surface area contributed by atoms with Crippen molar-refractivity contribution in [3.8, 4) is 6.07 Å². The van der Waals surface area contributed by atoms with E-state index in [1.165, 1.54) is 0 Å². The van der Waals surface area contributed by atoms with Gasteiger partial charge in [0, 0.05) is 0 Å². The van der Waals surface area contributed by atoms with E-state index in [9.17, 15) is 10.4 Å². The average Bonchev–Trinajstić information content (AvgIpc) is 2.47. The molecule has 2 nitrogen and oxygen atoms in total. The number of aliphatic hydroxyl groups excluding tert-OH is 1. The Kier molecular flexibility index (Phi) is 4.50. The second kappa shape index (κ2) is 5.97. The molecule has 1 aromatic carbocycles. The Bertz CT molecular complexity index is 492. The van der Waals surface area contributed by atoms with Gasteiger partial charge in [-0.3, -0.25) is 0 Å². The van der Waals surface area contributed by atoms with E-state index in [2.05, 4.69) is 19.9 Å². The molecule has 0 bridgehead atoms. The van der Waals surface area contributed by atoms with Gasteiger partial charge in [0.05, 0.1) is 17.6 Å². The summed E-state index contributed by atoms with van der Waals surface area (Å²) < 4.78 is 0. The third-order valence-electron chi connectivity index (χ3n) is 5.09. The summed E-state index contributed by atoms with van der Waals surface area (Å²) in [6, 6.07) is 10.3. The molecule has 0 aliphatic heterocycles. The highest BCUT2D eigenvalue weighted by molar-refractivity contribution is 5.31. The molecule has 1 aliphatic rings. The van der Waals surface area contributed by atoms with Crippen LogP contribution in [-0.4, -0.2) is 5.11 Å². The molecule has 20 heavy (non-hydrogen) atoms. The fraction of sp³-hybridized carbons (Fsp3) is 0.611. The number of aryl methyl sites for hydroxylation is 1. The number of aliphatic hydroxyl groups is 1. The molecule has 1 aliphatic carbocycles. The molecule has 1 saturated carbocycles. The second-order valence-electron chi connectivity index (χ2n) is 6.61. The summed E-state index contributed by atoms with van der Waals surface area (Å²) in [6.45, 7) is 6.51. The lowest BCUT2D eigenvalue weighted by molar-refractivity contribution is 0.0186. The first-order valence-corrected chi connectivity index (χ1v) is 7.65. The van der Waals surface area contributed by atoms with Gasteiger partial charge in [-0.2, -0.15) is 5.26 Å². The maximum atomic E-state index is 10.8. The van der Waals surface area contributed by atoms with Gasteiger partial charge in [-0.15, -0.1) is 0 Å². The second-order valence-corrected chi connectivity index (χ2v) is 6.61. The number of rotatable bonds is 3. The molecule has 0 spiro atoms. The number of hydrogen-bond acceptors (Lipinski definition) is 2. The molecule has 108 valence electrons. The Hall–Kier alpha value is -1.33. The smallest absolute Gasteiger partial charge is 0.0978 e. The lowest BCUT2D eigenvalue weighted by atomic mass is 9.64. The maximum absolute atomic E-state index is 10.8. The van der Waals surface area contributed by atoms with Crippen LogP contribution < -0.4 is 0 Å². The molecule has 0 aromatic heterocycles. The van der Waals surface area contributed by atoms with Crippen LogP contribution in [0, 0.1) is 35.5 Å². The van der Waals surface area contributed by atoms with Crippen LogP contribution in [0.2, 0.25) is 0 Å². The van der Waals surface area contributed by atoms with Crippen molar-refractivity contribution in [1.29, 1.82) is 5.26 Å². The first-order valence-electron chi connectivity index (χ1n) is 7.65. The van der Waals surface area contributed by atoms with Gasteiger partial charge in [0.1, 0.15) is 0 Å². The zero-order valence-electron chi connectivity index (χ0n) is 12.8. The molecule has 1 atom stereocenters. The van der Waals surface area contributed by atoms with Crippen LogP contribution in [0.3, 0.4) is 0 Å². The molecular weight excluding hydrogens is 246 g/mol. The number of nitriles is 1. The van der Waals surface area contributed by atoms with Crippen molar-refractivity contribution < 1.29 is 5.11 Å². The monoisotopic (exact) mass is 271 g/mol. The van der Waals surface area contributed by atoms with Gasteiger partial charge in [0.2, 0.25) is 0 Å². The minimum atomic E-state index is -0.665. The third-order valence-corrected chi connectivity index (χ3v) is 5.09. The molecule has 0 amide bonds. The largest absolute Gasteiger partial charge is 0.387 e. The van der Waals surface area contributed by atoms with E-state index in [-0.39, 0.29) is 0 Å². The molecule has 0 heterocycles. The van der Waals surface area contributed by atoms with E-state index in [0.29, 0.717) is 11.8 Å². The SMILES string of the molecule is Cc1ccccc1C(O)C1(C#N)CCC(C(C)C)CC1. The van der Waals surface area contributed by atoms with Gasteiger partial charge in [0.25, 0.3) is 0 Å². The molecule has 2 heteroatoms. The first kappa shape index (κ1) is 15.1. The first-order chi connectivity index (χ1) is 9.50. The van der Waals surface area contributed by atoms with E-state index in [0.717, 1.165) is 36.8 Å². The van der Waals surface area contributed by atoms with Crippen molar-refractivity contribution in [2.45, 2.75) is 52.6 Å². The molecule has 1 fully saturated rings. The fourth-order valence-electron chi connectivity index (χ4n) is 3.46. The van der Waals surface area contributed by atoms with Crippen molar-refractivity contribution in [3.63, 3.8) is 0 Å². The summed E-state index contributed by atoms with van der Waals surface area (Å²) in [5.41, 5.74) is 1.38. The minimum absolute atomic E-state index is 0.600. The molecule has 1 aromatic rings.